The highest BCUT2D eigenvalue weighted by Gasteiger charge is 2.09. The van der Waals surface area contributed by atoms with Crippen molar-refractivity contribution < 1.29 is 9.90 Å². The number of likely N-dealkylation sites (N-methyl/N-ethyl adjacent to an activating group) is 1. The van der Waals surface area contributed by atoms with Crippen LogP contribution in [0.1, 0.15) is 5.56 Å². The Balaban J connectivity index is 1.82. The summed E-state index contributed by atoms with van der Waals surface area (Å²) in [5.41, 5.74) is 3.01. The summed E-state index contributed by atoms with van der Waals surface area (Å²) in [7, 11) is 1.51. The molecule has 1 aromatic carbocycles. The summed E-state index contributed by atoms with van der Waals surface area (Å²) in [6.45, 7) is 0.795. The van der Waals surface area contributed by atoms with Crippen molar-refractivity contribution in [3.05, 3.63) is 48.2 Å². The molecule has 8 heteroatoms. The Bertz CT molecular complexity index is 942. The minimum Gasteiger partial charge on any atom is -0.465 e. The van der Waals surface area contributed by atoms with E-state index >= 15 is 0 Å². The van der Waals surface area contributed by atoms with Gasteiger partial charge in [0.15, 0.2) is 5.65 Å². The third kappa shape index (κ3) is 3.50. The topological polar surface area (TPSA) is 107 Å². The molecule has 1 amide bonds. The second-order valence-corrected chi connectivity index (χ2v) is 5.45. The van der Waals surface area contributed by atoms with E-state index in [1.165, 1.54) is 11.9 Å². The largest absolute Gasteiger partial charge is 0.465 e. The molecule has 2 aromatic heterocycles. The number of hydrogen-bond acceptors (Lipinski definition) is 5. The number of imidazole rings is 1. The summed E-state index contributed by atoms with van der Waals surface area (Å²) in [5, 5.41) is 25.3. The molecule has 0 saturated heterocycles. The zero-order valence-corrected chi connectivity index (χ0v) is 13.5. The van der Waals surface area contributed by atoms with Gasteiger partial charge in [0.25, 0.3) is 0 Å². The van der Waals surface area contributed by atoms with Crippen LogP contribution in [0.3, 0.4) is 0 Å². The van der Waals surface area contributed by atoms with Gasteiger partial charge in [-0.2, -0.15) is 5.26 Å². The van der Waals surface area contributed by atoms with Gasteiger partial charge in [-0.3, -0.25) is 0 Å². The number of rotatable bonds is 5. The summed E-state index contributed by atoms with van der Waals surface area (Å²) < 4.78 is 1.71. The van der Waals surface area contributed by atoms with E-state index in [1.807, 2.05) is 18.2 Å². The van der Waals surface area contributed by atoms with Crippen molar-refractivity contribution in [2.75, 3.05) is 25.5 Å². The van der Waals surface area contributed by atoms with Crippen molar-refractivity contribution in [1.82, 2.24) is 19.5 Å². The van der Waals surface area contributed by atoms with Gasteiger partial charge in [0, 0.05) is 25.7 Å². The molecule has 126 valence electrons. The fraction of sp³-hybridized carbons (Fsp3) is 0.176. The van der Waals surface area contributed by atoms with E-state index < -0.39 is 6.09 Å². The smallest absolute Gasteiger partial charge is 0.407 e. The summed E-state index contributed by atoms with van der Waals surface area (Å²) in [4.78, 5) is 16.3. The van der Waals surface area contributed by atoms with E-state index in [4.69, 9.17) is 10.4 Å². The van der Waals surface area contributed by atoms with Crippen LogP contribution >= 0.6 is 0 Å². The summed E-state index contributed by atoms with van der Waals surface area (Å²) in [6, 6.07) is 12.9. The number of nitrogens with one attached hydrogen (secondary N) is 1. The normalized spacial score (nSPS) is 10.4. The Hall–Kier alpha value is -3.60. The number of carboxylic acid groups (broad SMARTS) is 1. The minimum absolute atomic E-state index is 0.349. The monoisotopic (exact) mass is 336 g/mol. The third-order valence-corrected chi connectivity index (χ3v) is 3.75. The van der Waals surface area contributed by atoms with Crippen LogP contribution in [0, 0.1) is 11.3 Å². The van der Waals surface area contributed by atoms with Gasteiger partial charge in [0.05, 0.1) is 23.5 Å². The molecule has 3 rings (SSSR count). The molecule has 0 fully saturated rings. The van der Waals surface area contributed by atoms with Crippen molar-refractivity contribution in [3.8, 4) is 17.3 Å². The van der Waals surface area contributed by atoms with Crippen molar-refractivity contribution in [1.29, 1.82) is 5.26 Å². The first-order valence-electron chi connectivity index (χ1n) is 7.62. The SMILES string of the molecule is CN(CCNc1ccc2ncc(-c3ccc(C#N)cc3)n2n1)C(=O)O. The van der Waals surface area contributed by atoms with Crippen LogP contribution in [0.2, 0.25) is 0 Å². The molecule has 0 aliphatic rings. The number of anilines is 1. The number of hydrogen-bond donors (Lipinski definition) is 2. The van der Waals surface area contributed by atoms with Gasteiger partial charge in [0.1, 0.15) is 5.82 Å². The first-order valence-corrected chi connectivity index (χ1v) is 7.62. The number of fused-ring (bicyclic) bond motifs is 1. The molecule has 2 N–H and O–H groups in total. The van der Waals surface area contributed by atoms with Crippen LogP contribution in [0.5, 0.6) is 0 Å². The van der Waals surface area contributed by atoms with E-state index in [2.05, 4.69) is 21.5 Å². The van der Waals surface area contributed by atoms with Crippen LogP contribution in [-0.4, -0.2) is 50.8 Å². The van der Waals surface area contributed by atoms with E-state index in [9.17, 15) is 4.79 Å². The highest BCUT2D eigenvalue weighted by atomic mass is 16.4. The lowest BCUT2D eigenvalue weighted by molar-refractivity contribution is 0.157. The Labute approximate surface area is 143 Å². The fourth-order valence-corrected chi connectivity index (χ4v) is 2.33. The predicted molar refractivity (Wildman–Crippen MR) is 92.3 cm³/mol. The summed E-state index contributed by atoms with van der Waals surface area (Å²) in [5.74, 6) is 0.624. The van der Waals surface area contributed by atoms with Crippen molar-refractivity contribution in [2.24, 2.45) is 0 Å². The molecule has 2 heterocycles. The maximum Gasteiger partial charge on any atom is 0.407 e. The maximum atomic E-state index is 10.8. The molecular weight excluding hydrogens is 320 g/mol. The lowest BCUT2D eigenvalue weighted by atomic mass is 10.1. The van der Waals surface area contributed by atoms with Crippen LogP contribution in [0.15, 0.2) is 42.6 Å². The quantitative estimate of drug-likeness (QED) is 0.740. The average molecular weight is 336 g/mol. The molecule has 8 nitrogen and oxygen atoms in total. The van der Waals surface area contributed by atoms with Crippen LogP contribution < -0.4 is 5.32 Å². The number of benzene rings is 1. The minimum atomic E-state index is -0.970. The second kappa shape index (κ2) is 6.88. The second-order valence-electron chi connectivity index (χ2n) is 5.45. The molecule has 0 radical (unpaired) electrons. The van der Waals surface area contributed by atoms with Crippen molar-refractivity contribution in [3.63, 3.8) is 0 Å². The highest BCUT2D eigenvalue weighted by Crippen LogP contribution is 2.21. The molecule has 0 unspecified atom stereocenters. The standard InChI is InChI=1S/C17H16N6O2/c1-22(17(24)25)9-8-19-15-6-7-16-20-11-14(23(16)21-15)13-4-2-12(10-18)3-5-13/h2-7,11H,8-9H2,1H3,(H,19,21)(H,24,25). The zero-order chi connectivity index (χ0) is 17.8. The summed E-state index contributed by atoms with van der Waals surface area (Å²) in [6.07, 6.45) is 0.758. The Morgan fingerprint density at radius 2 is 2.08 bits per heavy atom. The molecule has 0 aliphatic heterocycles. The molecule has 0 aliphatic carbocycles. The number of amides is 1. The highest BCUT2D eigenvalue weighted by molar-refractivity contribution is 5.65. The molecule has 0 bridgehead atoms. The van der Waals surface area contributed by atoms with Gasteiger partial charge in [0.2, 0.25) is 0 Å². The van der Waals surface area contributed by atoms with Gasteiger partial charge in [-0.25, -0.2) is 14.3 Å². The zero-order valence-electron chi connectivity index (χ0n) is 13.5. The predicted octanol–water partition coefficient (Wildman–Crippen LogP) is 2.29. The van der Waals surface area contributed by atoms with Crippen LogP contribution in [0.25, 0.3) is 16.9 Å². The molecule has 0 saturated carbocycles. The van der Waals surface area contributed by atoms with Gasteiger partial charge >= 0.3 is 6.09 Å². The van der Waals surface area contributed by atoms with E-state index in [-0.39, 0.29) is 0 Å². The summed E-state index contributed by atoms with van der Waals surface area (Å²) >= 11 is 0. The van der Waals surface area contributed by atoms with E-state index in [0.717, 1.165) is 11.3 Å². The molecule has 0 spiro atoms. The Morgan fingerprint density at radius 1 is 1.32 bits per heavy atom. The number of carbonyl (C=O) groups is 1. The lowest BCUT2D eigenvalue weighted by Crippen LogP contribution is -2.30. The van der Waals surface area contributed by atoms with Crippen LogP contribution in [-0.2, 0) is 0 Å². The van der Waals surface area contributed by atoms with Gasteiger partial charge in [-0.15, -0.1) is 5.10 Å². The van der Waals surface area contributed by atoms with E-state index in [0.29, 0.717) is 30.1 Å². The first kappa shape index (κ1) is 16.3. The Morgan fingerprint density at radius 3 is 2.76 bits per heavy atom. The number of aromatic nitrogens is 3. The maximum absolute atomic E-state index is 10.8. The van der Waals surface area contributed by atoms with Gasteiger partial charge in [-0.1, -0.05) is 12.1 Å². The molecule has 0 atom stereocenters. The number of nitriles is 1. The van der Waals surface area contributed by atoms with Crippen LogP contribution in [0.4, 0.5) is 10.6 Å². The Kier molecular flexibility index (Phi) is 4.48. The van der Waals surface area contributed by atoms with E-state index in [1.54, 1.807) is 28.9 Å². The fourth-order valence-electron chi connectivity index (χ4n) is 2.33. The lowest BCUT2D eigenvalue weighted by Gasteiger charge is -2.13. The molecular formula is C17H16N6O2. The first-order chi connectivity index (χ1) is 12.1. The third-order valence-electron chi connectivity index (χ3n) is 3.75. The van der Waals surface area contributed by atoms with Gasteiger partial charge in [-0.05, 0) is 24.3 Å². The van der Waals surface area contributed by atoms with Gasteiger partial charge < -0.3 is 15.3 Å². The molecule has 3 aromatic rings. The van der Waals surface area contributed by atoms with Crippen molar-refractivity contribution in [2.45, 2.75) is 0 Å². The van der Waals surface area contributed by atoms with Crippen molar-refractivity contribution >= 4 is 17.6 Å². The number of nitrogens with zero attached hydrogens (tertiary/aromatic N) is 5. The average Bonchev–Trinajstić information content (AvgIpc) is 3.05. The molecule has 25 heavy (non-hydrogen) atoms.